The third-order valence-electron chi connectivity index (χ3n) is 3.80. The Labute approximate surface area is 126 Å². The molecule has 21 heavy (non-hydrogen) atoms. The maximum atomic E-state index is 12.2. The van der Waals surface area contributed by atoms with Crippen molar-refractivity contribution in [2.75, 3.05) is 27.2 Å². The summed E-state index contributed by atoms with van der Waals surface area (Å²) in [5.74, 6) is 1.00. The Kier molecular flexibility index (Phi) is 5.60. The smallest absolute Gasteiger partial charge is 0.222 e. The molecule has 0 saturated carbocycles. The van der Waals surface area contributed by atoms with Crippen LogP contribution in [0.1, 0.15) is 24.0 Å². The zero-order valence-corrected chi connectivity index (χ0v) is 12.9. The number of amides is 1. The van der Waals surface area contributed by atoms with Crippen LogP contribution in [-0.2, 0) is 17.8 Å². The molecule has 0 unspecified atom stereocenters. The Morgan fingerprint density at radius 2 is 2.10 bits per heavy atom. The first-order valence-corrected chi connectivity index (χ1v) is 7.47. The van der Waals surface area contributed by atoms with Gasteiger partial charge in [-0.3, -0.25) is 9.79 Å². The Morgan fingerprint density at radius 1 is 1.33 bits per heavy atom. The van der Waals surface area contributed by atoms with Gasteiger partial charge in [-0.25, -0.2) is 0 Å². The molecule has 0 radical (unpaired) electrons. The largest absolute Gasteiger partial charge is 0.359 e. The van der Waals surface area contributed by atoms with E-state index in [2.05, 4.69) is 33.8 Å². The Morgan fingerprint density at radius 3 is 2.81 bits per heavy atom. The average Bonchev–Trinajstić information content (AvgIpc) is 2.54. The highest BCUT2D eigenvalue weighted by Gasteiger charge is 2.19. The zero-order valence-electron chi connectivity index (χ0n) is 12.9. The van der Waals surface area contributed by atoms with Crippen LogP contribution in [0.3, 0.4) is 0 Å². The number of carbonyl (C=O) groups is 1. The van der Waals surface area contributed by atoms with E-state index in [-0.39, 0.29) is 5.91 Å². The van der Waals surface area contributed by atoms with Crippen LogP contribution in [0.25, 0.3) is 0 Å². The minimum atomic E-state index is 0.241. The van der Waals surface area contributed by atoms with Gasteiger partial charge in [-0.05, 0) is 24.0 Å². The van der Waals surface area contributed by atoms with Gasteiger partial charge in [0.15, 0.2) is 5.96 Å². The van der Waals surface area contributed by atoms with E-state index in [1.54, 1.807) is 7.05 Å². The van der Waals surface area contributed by atoms with Crippen LogP contribution in [0.4, 0.5) is 0 Å². The second kappa shape index (κ2) is 7.67. The normalized spacial score (nSPS) is 14.6. The fourth-order valence-electron chi connectivity index (χ4n) is 2.59. The van der Waals surface area contributed by atoms with Gasteiger partial charge in [0.05, 0.1) is 0 Å². The molecule has 1 aromatic carbocycles. The number of carbonyl (C=O) groups excluding carboxylic acids is 1. The predicted octanol–water partition coefficient (Wildman–Crippen LogP) is 1.15. The topological polar surface area (TPSA) is 56.7 Å². The van der Waals surface area contributed by atoms with Gasteiger partial charge in [-0.15, -0.1) is 0 Å². The summed E-state index contributed by atoms with van der Waals surface area (Å²) in [7, 11) is 3.56. The molecule has 1 amide bonds. The summed E-state index contributed by atoms with van der Waals surface area (Å²) in [6.07, 6.45) is 2.36. The molecule has 2 N–H and O–H groups in total. The highest BCUT2D eigenvalue weighted by molar-refractivity contribution is 5.79. The zero-order chi connectivity index (χ0) is 15.1. The number of aliphatic imine (C=N–C) groups is 1. The number of hydrogen-bond donors (Lipinski definition) is 2. The van der Waals surface area contributed by atoms with Crippen LogP contribution in [0.15, 0.2) is 29.3 Å². The minimum absolute atomic E-state index is 0.241. The van der Waals surface area contributed by atoms with Crippen LogP contribution in [0.2, 0.25) is 0 Å². The molecule has 0 aliphatic carbocycles. The molecule has 1 aliphatic heterocycles. The van der Waals surface area contributed by atoms with Gasteiger partial charge < -0.3 is 15.5 Å². The molecule has 5 heteroatoms. The number of hydrogen-bond acceptors (Lipinski definition) is 2. The van der Waals surface area contributed by atoms with Gasteiger partial charge in [-0.2, -0.15) is 0 Å². The van der Waals surface area contributed by atoms with Crippen molar-refractivity contribution in [3.05, 3.63) is 35.4 Å². The lowest BCUT2D eigenvalue weighted by molar-refractivity contribution is -0.132. The number of nitrogens with zero attached hydrogens (tertiary/aromatic N) is 2. The lowest BCUT2D eigenvalue weighted by Gasteiger charge is -2.29. The van der Waals surface area contributed by atoms with Crippen LogP contribution >= 0.6 is 0 Å². The first-order valence-electron chi connectivity index (χ1n) is 7.47. The van der Waals surface area contributed by atoms with Crippen molar-refractivity contribution in [3.63, 3.8) is 0 Å². The van der Waals surface area contributed by atoms with Gasteiger partial charge in [0.2, 0.25) is 5.91 Å². The van der Waals surface area contributed by atoms with E-state index in [9.17, 15) is 4.79 Å². The second-order valence-corrected chi connectivity index (χ2v) is 5.19. The van der Waals surface area contributed by atoms with E-state index in [1.165, 1.54) is 11.1 Å². The molecule has 5 nitrogen and oxygen atoms in total. The number of guanidine groups is 1. The standard InChI is InChI=1S/C16H24N4O/c1-17-16(18-2)19-10-5-8-15(21)20-11-9-13-6-3-4-7-14(13)12-20/h3-4,6-7H,5,8-12H2,1-2H3,(H2,17,18,19). The number of nitrogens with one attached hydrogen (secondary N) is 2. The molecule has 0 aromatic heterocycles. The second-order valence-electron chi connectivity index (χ2n) is 5.19. The molecule has 0 bridgehead atoms. The maximum absolute atomic E-state index is 12.2. The lowest BCUT2D eigenvalue weighted by Crippen LogP contribution is -2.37. The van der Waals surface area contributed by atoms with Gasteiger partial charge in [0, 0.05) is 40.2 Å². The number of benzene rings is 1. The first-order chi connectivity index (χ1) is 10.2. The summed E-state index contributed by atoms with van der Waals surface area (Å²) in [6, 6.07) is 8.38. The molecule has 1 aromatic rings. The van der Waals surface area contributed by atoms with E-state index in [0.29, 0.717) is 6.42 Å². The SMILES string of the molecule is CN=C(NC)NCCCC(=O)N1CCc2ccccc2C1. The fourth-order valence-corrected chi connectivity index (χ4v) is 2.59. The van der Waals surface area contributed by atoms with Gasteiger partial charge in [0.25, 0.3) is 0 Å². The lowest BCUT2D eigenvalue weighted by atomic mass is 9.99. The monoisotopic (exact) mass is 288 g/mol. The van der Waals surface area contributed by atoms with E-state index < -0.39 is 0 Å². The summed E-state index contributed by atoms with van der Waals surface area (Å²) >= 11 is 0. The van der Waals surface area contributed by atoms with Crippen LogP contribution in [-0.4, -0.2) is 44.0 Å². The fraction of sp³-hybridized carbons (Fsp3) is 0.500. The predicted molar refractivity (Wildman–Crippen MR) is 85.2 cm³/mol. The third-order valence-corrected chi connectivity index (χ3v) is 3.80. The number of fused-ring (bicyclic) bond motifs is 1. The molecule has 114 valence electrons. The molecule has 0 fully saturated rings. The van der Waals surface area contributed by atoms with E-state index in [1.807, 2.05) is 18.0 Å². The van der Waals surface area contributed by atoms with E-state index >= 15 is 0 Å². The van der Waals surface area contributed by atoms with Crippen molar-refractivity contribution in [1.29, 1.82) is 0 Å². The van der Waals surface area contributed by atoms with Gasteiger partial charge in [0.1, 0.15) is 0 Å². The Hall–Kier alpha value is -2.04. The first kappa shape index (κ1) is 15.4. The number of rotatable bonds is 4. The molecule has 2 rings (SSSR count). The molecule has 0 atom stereocenters. The van der Waals surface area contributed by atoms with Crippen LogP contribution < -0.4 is 10.6 Å². The Bertz CT molecular complexity index is 513. The van der Waals surface area contributed by atoms with Gasteiger partial charge >= 0.3 is 0 Å². The van der Waals surface area contributed by atoms with Crippen molar-refractivity contribution in [2.24, 2.45) is 4.99 Å². The van der Waals surface area contributed by atoms with Crippen LogP contribution in [0, 0.1) is 0 Å². The van der Waals surface area contributed by atoms with Crippen molar-refractivity contribution in [2.45, 2.75) is 25.8 Å². The minimum Gasteiger partial charge on any atom is -0.359 e. The molecule has 1 heterocycles. The van der Waals surface area contributed by atoms with Crippen molar-refractivity contribution in [1.82, 2.24) is 15.5 Å². The highest BCUT2D eigenvalue weighted by atomic mass is 16.2. The average molecular weight is 288 g/mol. The van der Waals surface area contributed by atoms with Gasteiger partial charge in [-0.1, -0.05) is 24.3 Å². The summed E-state index contributed by atoms with van der Waals surface area (Å²) in [6.45, 7) is 2.34. The summed E-state index contributed by atoms with van der Waals surface area (Å²) in [5, 5.41) is 6.12. The molecular weight excluding hydrogens is 264 g/mol. The quantitative estimate of drug-likeness (QED) is 0.496. The summed E-state index contributed by atoms with van der Waals surface area (Å²) < 4.78 is 0. The Balaban J connectivity index is 1.75. The summed E-state index contributed by atoms with van der Waals surface area (Å²) in [5.41, 5.74) is 2.66. The molecule has 1 aliphatic rings. The third kappa shape index (κ3) is 4.21. The summed E-state index contributed by atoms with van der Waals surface area (Å²) in [4.78, 5) is 18.2. The van der Waals surface area contributed by atoms with Crippen molar-refractivity contribution in [3.8, 4) is 0 Å². The molecular formula is C16H24N4O. The van der Waals surface area contributed by atoms with E-state index in [0.717, 1.165) is 38.4 Å². The maximum Gasteiger partial charge on any atom is 0.222 e. The van der Waals surface area contributed by atoms with E-state index in [4.69, 9.17) is 0 Å². The van der Waals surface area contributed by atoms with Crippen molar-refractivity contribution >= 4 is 11.9 Å². The van der Waals surface area contributed by atoms with Crippen LogP contribution in [0.5, 0.6) is 0 Å². The van der Waals surface area contributed by atoms with Crippen molar-refractivity contribution < 1.29 is 4.79 Å². The highest BCUT2D eigenvalue weighted by Crippen LogP contribution is 2.19. The molecule has 0 spiro atoms. The molecule has 0 saturated heterocycles.